The van der Waals surface area contributed by atoms with Crippen LogP contribution in [-0.4, -0.2) is 16.1 Å². The van der Waals surface area contributed by atoms with E-state index in [-0.39, 0.29) is 16.5 Å². The Kier molecular flexibility index (Phi) is 3.53. The Morgan fingerprint density at radius 3 is 2.67 bits per heavy atom. The molecule has 92 valence electrons. The molecule has 0 fully saturated rings. The summed E-state index contributed by atoms with van der Waals surface area (Å²) in [7, 11) is 0. The van der Waals surface area contributed by atoms with Gasteiger partial charge in [-0.25, -0.2) is 4.39 Å². The summed E-state index contributed by atoms with van der Waals surface area (Å²) in [5, 5.41) is 10.0. The fourth-order valence-electron chi connectivity index (χ4n) is 1.44. The molecule has 18 heavy (non-hydrogen) atoms. The average molecular weight is 266 g/mol. The highest BCUT2D eigenvalue weighted by Crippen LogP contribution is 2.11. The molecule has 4 nitrogen and oxygen atoms in total. The zero-order valence-electron chi connectivity index (χ0n) is 9.45. The van der Waals surface area contributed by atoms with E-state index in [0.717, 1.165) is 6.07 Å². The summed E-state index contributed by atoms with van der Waals surface area (Å²) in [6, 6.07) is 7.10. The van der Waals surface area contributed by atoms with Crippen molar-refractivity contribution in [2.75, 3.05) is 5.32 Å². The summed E-state index contributed by atoms with van der Waals surface area (Å²) in [4.78, 5) is 11.8. The van der Waals surface area contributed by atoms with Crippen molar-refractivity contribution in [1.29, 1.82) is 0 Å². The van der Waals surface area contributed by atoms with Crippen molar-refractivity contribution in [1.82, 2.24) is 10.2 Å². The van der Waals surface area contributed by atoms with Gasteiger partial charge >= 0.3 is 0 Å². The molecular formula is C12H9ClFN3O. The van der Waals surface area contributed by atoms with E-state index in [9.17, 15) is 9.18 Å². The lowest BCUT2D eigenvalue weighted by Gasteiger charge is -2.04. The third-order valence-corrected chi connectivity index (χ3v) is 2.38. The highest BCUT2D eigenvalue weighted by atomic mass is 35.5. The number of nitrogens with zero attached hydrogens (tertiary/aromatic N) is 2. The Morgan fingerprint density at radius 2 is 2.06 bits per heavy atom. The molecule has 0 atom stereocenters. The van der Waals surface area contributed by atoms with Crippen molar-refractivity contribution in [2.45, 2.75) is 6.92 Å². The van der Waals surface area contributed by atoms with Crippen LogP contribution in [-0.2, 0) is 0 Å². The van der Waals surface area contributed by atoms with Gasteiger partial charge in [0, 0.05) is 5.56 Å². The number of amides is 1. The van der Waals surface area contributed by atoms with Crippen LogP contribution < -0.4 is 5.32 Å². The summed E-state index contributed by atoms with van der Waals surface area (Å²) in [5.74, 6) is -0.650. The van der Waals surface area contributed by atoms with Gasteiger partial charge in [-0.15, -0.1) is 10.2 Å². The number of nitrogens with one attached hydrogen (secondary N) is 1. The third-order valence-electron chi connectivity index (χ3n) is 2.18. The first-order chi connectivity index (χ1) is 8.54. The Bertz CT molecular complexity index is 566. The van der Waals surface area contributed by atoms with Crippen LogP contribution in [0.5, 0.6) is 0 Å². The molecule has 2 rings (SSSR count). The number of halogens is 2. The van der Waals surface area contributed by atoms with Crippen LogP contribution in [0.4, 0.5) is 10.2 Å². The van der Waals surface area contributed by atoms with Crippen molar-refractivity contribution in [3.05, 3.63) is 52.4 Å². The lowest BCUT2D eigenvalue weighted by molar-refractivity contribution is 0.102. The minimum absolute atomic E-state index is 0.226. The monoisotopic (exact) mass is 265 g/mol. The molecule has 2 aromatic rings. The van der Waals surface area contributed by atoms with Gasteiger partial charge in [0.25, 0.3) is 5.91 Å². The van der Waals surface area contributed by atoms with E-state index in [4.69, 9.17) is 11.6 Å². The van der Waals surface area contributed by atoms with Gasteiger partial charge < -0.3 is 5.32 Å². The first-order valence-corrected chi connectivity index (χ1v) is 5.50. The quantitative estimate of drug-likeness (QED) is 0.908. The largest absolute Gasteiger partial charge is 0.305 e. The van der Waals surface area contributed by atoms with E-state index in [1.165, 1.54) is 18.2 Å². The zero-order chi connectivity index (χ0) is 13.1. The van der Waals surface area contributed by atoms with Gasteiger partial charge in [0.05, 0.1) is 0 Å². The number of anilines is 1. The molecule has 0 aliphatic rings. The van der Waals surface area contributed by atoms with Gasteiger partial charge in [-0.3, -0.25) is 4.79 Å². The maximum atomic E-state index is 13.2. The second-order valence-electron chi connectivity index (χ2n) is 3.71. The molecule has 1 amide bonds. The van der Waals surface area contributed by atoms with Gasteiger partial charge in [0.2, 0.25) is 0 Å². The van der Waals surface area contributed by atoms with Gasteiger partial charge in [0.15, 0.2) is 11.0 Å². The zero-order valence-corrected chi connectivity index (χ0v) is 10.2. The number of rotatable bonds is 2. The van der Waals surface area contributed by atoms with Gasteiger partial charge in [-0.2, -0.15) is 0 Å². The predicted molar refractivity (Wildman–Crippen MR) is 66.1 cm³/mol. The fraction of sp³-hybridized carbons (Fsp3) is 0.0833. The highest BCUT2D eigenvalue weighted by molar-refractivity contribution is 6.29. The summed E-state index contributed by atoms with van der Waals surface area (Å²) in [5.41, 5.74) is 0.895. The van der Waals surface area contributed by atoms with E-state index in [0.29, 0.717) is 5.56 Å². The van der Waals surface area contributed by atoms with E-state index in [1.54, 1.807) is 13.0 Å². The Morgan fingerprint density at radius 1 is 1.28 bits per heavy atom. The lowest BCUT2D eigenvalue weighted by atomic mass is 10.1. The van der Waals surface area contributed by atoms with Crippen LogP contribution in [0, 0.1) is 12.7 Å². The van der Waals surface area contributed by atoms with Crippen LogP contribution in [0.1, 0.15) is 15.9 Å². The molecular weight excluding hydrogens is 257 g/mol. The number of aromatic nitrogens is 2. The minimum atomic E-state index is -0.456. The molecule has 0 aliphatic carbocycles. The molecule has 0 unspecified atom stereocenters. The van der Waals surface area contributed by atoms with Crippen molar-refractivity contribution < 1.29 is 9.18 Å². The van der Waals surface area contributed by atoms with Crippen LogP contribution >= 0.6 is 11.6 Å². The highest BCUT2D eigenvalue weighted by Gasteiger charge is 2.09. The molecule has 0 aliphatic heterocycles. The van der Waals surface area contributed by atoms with Crippen molar-refractivity contribution in [2.24, 2.45) is 0 Å². The smallest absolute Gasteiger partial charge is 0.256 e. The molecule has 0 saturated heterocycles. The van der Waals surface area contributed by atoms with E-state index in [2.05, 4.69) is 15.5 Å². The third kappa shape index (κ3) is 3.01. The van der Waals surface area contributed by atoms with E-state index >= 15 is 0 Å². The SMILES string of the molecule is Cc1cc(F)cc(C(=O)Nc2ccc(Cl)nn2)c1. The van der Waals surface area contributed by atoms with Crippen molar-refractivity contribution >= 4 is 23.3 Å². The van der Waals surface area contributed by atoms with Crippen LogP contribution in [0.2, 0.25) is 5.15 Å². The second-order valence-corrected chi connectivity index (χ2v) is 4.10. The number of aryl methyl sites for hydroxylation is 1. The normalized spacial score (nSPS) is 10.2. The van der Waals surface area contributed by atoms with Gasteiger partial charge in [-0.1, -0.05) is 11.6 Å². The standard InChI is InChI=1S/C12H9ClFN3O/c1-7-4-8(6-9(14)5-7)12(18)15-11-3-2-10(13)16-17-11/h2-6H,1H3,(H,15,17,18). The minimum Gasteiger partial charge on any atom is -0.305 e. The first-order valence-electron chi connectivity index (χ1n) is 5.12. The molecule has 0 bridgehead atoms. The molecule has 1 heterocycles. The molecule has 0 saturated carbocycles. The molecule has 6 heteroatoms. The molecule has 1 aromatic heterocycles. The van der Waals surface area contributed by atoms with Crippen LogP contribution in [0.15, 0.2) is 30.3 Å². The second kappa shape index (κ2) is 5.10. The maximum absolute atomic E-state index is 13.2. The fourth-order valence-corrected chi connectivity index (χ4v) is 1.54. The molecule has 1 N–H and O–H groups in total. The summed E-state index contributed by atoms with van der Waals surface area (Å²) in [6.07, 6.45) is 0. The van der Waals surface area contributed by atoms with Crippen molar-refractivity contribution in [3.8, 4) is 0 Å². The van der Waals surface area contributed by atoms with Crippen LogP contribution in [0.3, 0.4) is 0 Å². The first kappa shape index (κ1) is 12.4. The number of carbonyl (C=O) groups excluding carboxylic acids is 1. The Hall–Kier alpha value is -2.01. The van der Waals surface area contributed by atoms with E-state index in [1.807, 2.05) is 0 Å². The average Bonchev–Trinajstić information content (AvgIpc) is 2.31. The van der Waals surface area contributed by atoms with Gasteiger partial charge in [-0.05, 0) is 42.8 Å². The van der Waals surface area contributed by atoms with Crippen molar-refractivity contribution in [3.63, 3.8) is 0 Å². The number of benzene rings is 1. The number of hydrogen-bond acceptors (Lipinski definition) is 3. The summed E-state index contributed by atoms with van der Waals surface area (Å²) < 4.78 is 13.2. The molecule has 0 radical (unpaired) electrons. The lowest BCUT2D eigenvalue weighted by Crippen LogP contribution is -2.13. The van der Waals surface area contributed by atoms with Gasteiger partial charge in [0.1, 0.15) is 5.82 Å². The predicted octanol–water partition coefficient (Wildman–Crippen LogP) is 2.83. The topological polar surface area (TPSA) is 54.9 Å². The maximum Gasteiger partial charge on any atom is 0.256 e. The Labute approximate surface area is 108 Å². The Balaban J connectivity index is 2.19. The molecule has 1 aromatic carbocycles. The number of hydrogen-bond donors (Lipinski definition) is 1. The van der Waals surface area contributed by atoms with E-state index < -0.39 is 11.7 Å². The van der Waals surface area contributed by atoms with Crippen LogP contribution in [0.25, 0.3) is 0 Å². The summed E-state index contributed by atoms with van der Waals surface area (Å²) >= 11 is 5.57. The molecule has 0 spiro atoms. The number of carbonyl (C=O) groups is 1. The summed E-state index contributed by atoms with van der Waals surface area (Å²) in [6.45, 7) is 1.71.